The molecule has 0 spiro atoms. The first-order valence-corrected chi connectivity index (χ1v) is 8.18. The second kappa shape index (κ2) is 9.90. The maximum absolute atomic E-state index is 12.1. The number of unbranched alkanes of at least 4 members (excludes halogenated alkanes) is 1. The fourth-order valence-electron chi connectivity index (χ4n) is 2.47. The minimum absolute atomic E-state index is 0.0223. The number of ether oxygens (including phenoxy) is 3. The molecule has 1 N–H and O–H groups in total. The summed E-state index contributed by atoms with van der Waals surface area (Å²) in [6, 6.07) is 9.91. The third-order valence-corrected chi connectivity index (χ3v) is 3.67. The maximum Gasteiger partial charge on any atom is 0.373 e. The number of rotatable bonds is 9. The molecule has 1 aromatic rings. The van der Waals surface area contributed by atoms with Crippen molar-refractivity contribution in [1.82, 2.24) is 0 Å². The molecule has 0 aromatic heterocycles. The minimum atomic E-state index is -0.514. The predicted octanol–water partition coefficient (Wildman–Crippen LogP) is 2.92. The van der Waals surface area contributed by atoms with Crippen molar-refractivity contribution in [3.05, 3.63) is 60.4 Å². The van der Waals surface area contributed by atoms with Crippen molar-refractivity contribution in [3.63, 3.8) is 0 Å². The first-order valence-electron chi connectivity index (χ1n) is 8.18. The van der Waals surface area contributed by atoms with Crippen molar-refractivity contribution in [2.24, 2.45) is 0 Å². The van der Waals surface area contributed by atoms with Crippen molar-refractivity contribution < 1.29 is 24.1 Å². The highest BCUT2D eigenvalue weighted by molar-refractivity contribution is 5.86. The van der Waals surface area contributed by atoms with Gasteiger partial charge in [-0.3, -0.25) is 0 Å². The van der Waals surface area contributed by atoms with Gasteiger partial charge in [0.15, 0.2) is 0 Å². The SMILES string of the molecule is C=CCOC(=O)C1=C[C@@H](c2ccccc2)C[C@@H](OCCCCO)O1. The molecule has 5 nitrogen and oxygen atoms in total. The molecule has 1 aliphatic rings. The van der Waals surface area contributed by atoms with Gasteiger partial charge in [0.05, 0.1) is 6.61 Å². The summed E-state index contributed by atoms with van der Waals surface area (Å²) in [5, 5.41) is 8.83. The van der Waals surface area contributed by atoms with Crippen LogP contribution in [0.4, 0.5) is 0 Å². The summed E-state index contributed by atoms with van der Waals surface area (Å²) >= 11 is 0. The van der Waals surface area contributed by atoms with Crippen LogP contribution in [0, 0.1) is 0 Å². The molecule has 24 heavy (non-hydrogen) atoms. The van der Waals surface area contributed by atoms with E-state index in [1.165, 1.54) is 6.08 Å². The number of allylic oxidation sites excluding steroid dienone is 1. The number of benzene rings is 1. The van der Waals surface area contributed by atoms with Gasteiger partial charge in [0.25, 0.3) is 0 Å². The van der Waals surface area contributed by atoms with Crippen LogP contribution in [-0.2, 0) is 19.0 Å². The lowest BCUT2D eigenvalue weighted by Crippen LogP contribution is -2.28. The van der Waals surface area contributed by atoms with Gasteiger partial charge >= 0.3 is 5.97 Å². The van der Waals surface area contributed by atoms with Crippen LogP contribution in [0.2, 0.25) is 0 Å². The fourth-order valence-corrected chi connectivity index (χ4v) is 2.47. The molecule has 130 valence electrons. The molecule has 0 fully saturated rings. The summed E-state index contributed by atoms with van der Waals surface area (Å²) in [6.45, 7) is 4.28. The highest BCUT2D eigenvalue weighted by Crippen LogP contribution is 2.31. The highest BCUT2D eigenvalue weighted by Gasteiger charge is 2.29. The van der Waals surface area contributed by atoms with E-state index in [0.29, 0.717) is 19.4 Å². The number of hydrogen-bond acceptors (Lipinski definition) is 5. The zero-order chi connectivity index (χ0) is 17.2. The van der Waals surface area contributed by atoms with Crippen molar-refractivity contribution in [3.8, 4) is 0 Å². The smallest absolute Gasteiger partial charge is 0.373 e. The maximum atomic E-state index is 12.1. The van der Waals surface area contributed by atoms with Gasteiger partial charge in [-0.1, -0.05) is 43.0 Å². The van der Waals surface area contributed by atoms with Crippen LogP contribution in [0.5, 0.6) is 0 Å². The Morgan fingerprint density at radius 1 is 1.33 bits per heavy atom. The number of carbonyl (C=O) groups is 1. The summed E-state index contributed by atoms with van der Waals surface area (Å²) in [5.41, 5.74) is 1.10. The first kappa shape index (κ1) is 18.2. The third-order valence-electron chi connectivity index (χ3n) is 3.67. The summed E-state index contributed by atoms with van der Waals surface area (Å²) in [7, 11) is 0. The van der Waals surface area contributed by atoms with Crippen molar-refractivity contribution in [1.29, 1.82) is 0 Å². The molecule has 1 aliphatic heterocycles. The lowest BCUT2D eigenvalue weighted by atomic mass is 9.93. The van der Waals surface area contributed by atoms with Gasteiger partial charge in [-0.05, 0) is 24.5 Å². The molecule has 0 bridgehead atoms. The van der Waals surface area contributed by atoms with Gasteiger partial charge in [0.1, 0.15) is 6.61 Å². The summed E-state index contributed by atoms with van der Waals surface area (Å²) < 4.78 is 16.4. The molecule has 5 heteroatoms. The molecule has 2 rings (SSSR count). The van der Waals surface area contributed by atoms with Crippen molar-refractivity contribution >= 4 is 5.97 Å². The Labute approximate surface area is 142 Å². The van der Waals surface area contributed by atoms with E-state index in [1.807, 2.05) is 30.3 Å². The number of aliphatic hydroxyl groups is 1. The lowest BCUT2D eigenvalue weighted by molar-refractivity contribution is -0.160. The number of aliphatic hydroxyl groups excluding tert-OH is 1. The van der Waals surface area contributed by atoms with Crippen LogP contribution >= 0.6 is 0 Å². The van der Waals surface area contributed by atoms with Crippen molar-refractivity contribution in [2.45, 2.75) is 31.5 Å². The Balaban J connectivity index is 2.07. The van der Waals surface area contributed by atoms with Crippen molar-refractivity contribution in [2.75, 3.05) is 19.8 Å². The van der Waals surface area contributed by atoms with Gasteiger partial charge in [0, 0.05) is 18.9 Å². The van der Waals surface area contributed by atoms with E-state index in [9.17, 15) is 4.79 Å². The Morgan fingerprint density at radius 2 is 2.12 bits per heavy atom. The summed E-state index contributed by atoms with van der Waals surface area (Å²) in [5.74, 6) is -0.322. The molecule has 0 unspecified atom stereocenters. The topological polar surface area (TPSA) is 65.0 Å². The quantitative estimate of drug-likeness (QED) is 0.428. The van der Waals surface area contributed by atoms with E-state index in [0.717, 1.165) is 12.0 Å². The highest BCUT2D eigenvalue weighted by atomic mass is 16.7. The molecule has 1 aromatic carbocycles. The van der Waals surface area contributed by atoms with E-state index in [4.69, 9.17) is 19.3 Å². The monoisotopic (exact) mass is 332 g/mol. The molecular formula is C19H24O5. The molecule has 0 amide bonds. The van der Waals surface area contributed by atoms with Gasteiger partial charge in [0.2, 0.25) is 12.0 Å². The van der Waals surface area contributed by atoms with Crippen LogP contribution in [0.1, 0.15) is 30.7 Å². The molecule has 0 saturated heterocycles. The summed E-state index contributed by atoms with van der Waals surface area (Å²) in [6.07, 6.45) is 4.84. The average molecular weight is 332 g/mol. The van der Waals surface area contributed by atoms with Gasteiger partial charge in [-0.2, -0.15) is 0 Å². The number of carbonyl (C=O) groups excluding carboxylic acids is 1. The van der Waals surface area contributed by atoms with Gasteiger partial charge < -0.3 is 19.3 Å². The summed E-state index contributed by atoms with van der Waals surface area (Å²) in [4.78, 5) is 12.1. The molecule has 2 atom stereocenters. The fraction of sp³-hybridized carbons (Fsp3) is 0.421. The number of hydrogen-bond donors (Lipinski definition) is 1. The molecule has 1 heterocycles. The predicted molar refractivity (Wildman–Crippen MR) is 90.2 cm³/mol. The third kappa shape index (κ3) is 5.51. The van der Waals surface area contributed by atoms with Crippen LogP contribution in [0.25, 0.3) is 0 Å². The van der Waals surface area contributed by atoms with Gasteiger partial charge in [-0.25, -0.2) is 4.79 Å². The lowest BCUT2D eigenvalue weighted by Gasteiger charge is -2.29. The van der Waals surface area contributed by atoms with E-state index in [2.05, 4.69) is 6.58 Å². The van der Waals surface area contributed by atoms with Crippen LogP contribution in [-0.4, -0.2) is 37.2 Å². The Hall–Kier alpha value is -2.11. The molecule has 0 aliphatic carbocycles. The Kier molecular flexibility index (Phi) is 7.52. The molecule has 0 saturated carbocycles. The average Bonchev–Trinajstić information content (AvgIpc) is 2.63. The largest absolute Gasteiger partial charge is 0.458 e. The van der Waals surface area contributed by atoms with E-state index in [-0.39, 0.29) is 24.9 Å². The Morgan fingerprint density at radius 3 is 2.83 bits per heavy atom. The van der Waals surface area contributed by atoms with E-state index >= 15 is 0 Å². The molecular weight excluding hydrogens is 308 g/mol. The second-order valence-electron chi connectivity index (χ2n) is 5.52. The standard InChI is InChI=1S/C19H24O5/c1-2-11-23-19(21)17-13-16(15-8-4-3-5-9-15)14-18(24-17)22-12-7-6-10-20/h2-5,8-9,13,16,18,20H,1,6-7,10-12,14H2/t16-,18+/m1/s1. The first-order chi connectivity index (χ1) is 11.7. The van der Waals surface area contributed by atoms with Crippen LogP contribution < -0.4 is 0 Å². The van der Waals surface area contributed by atoms with E-state index in [1.54, 1.807) is 6.08 Å². The van der Waals surface area contributed by atoms with Crippen LogP contribution in [0.3, 0.4) is 0 Å². The van der Waals surface area contributed by atoms with Crippen LogP contribution in [0.15, 0.2) is 54.8 Å². The molecule has 0 radical (unpaired) electrons. The number of esters is 1. The minimum Gasteiger partial charge on any atom is -0.458 e. The van der Waals surface area contributed by atoms with Gasteiger partial charge in [-0.15, -0.1) is 0 Å². The second-order valence-corrected chi connectivity index (χ2v) is 5.52. The zero-order valence-electron chi connectivity index (χ0n) is 13.7. The normalized spacial score (nSPS) is 20.0. The van der Waals surface area contributed by atoms with E-state index < -0.39 is 12.3 Å². The Bertz CT molecular complexity index is 552. The zero-order valence-corrected chi connectivity index (χ0v) is 13.7.